The molecule has 0 aliphatic heterocycles. The second kappa shape index (κ2) is 5.48. The molecule has 0 amide bonds. The molecule has 0 aliphatic rings. The molecular weight excluding hydrogens is 170 g/mol. The summed E-state index contributed by atoms with van der Waals surface area (Å²) < 4.78 is 12.5. The third-order valence-corrected chi connectivity index (χ3v) is 6.18. The van der Waals surface area contributed by atoms with Crippen LogP contribution in [0.4, 0.5) is 0 Å². The summed E-state index contributed by atoms with van der Waals surface area (Å²) >= 11 is 0. The Morgan fingerprint density at radius 2 is 1.67 bits per heavy atom. The predicted octanol–water partition coefficient (Wildman–Crippen LogP) is 0.590. The van der Waals surface area contributed by atoms with Gasteiger partial charge in [0.15, 0.2) is 0 Å². The van der Waals surface area contributed by atoms with E-state index < -0.39 is 8.24 Å². The number of hydrogen-bond donors (Lipinski definition) is 0. The number of rotatable bonds is 6. The van der Waals surface area contributed by atoms with Crippen LogP contribution in [-0.4, -0.2) is 53.6 Å². The molecule has 0 atom stereocenters. The quantitative estimate of drug-likeness (QED) is 0.571. The Kier molecular flexibility index (Phi) is 5.40. The topological polar surface area (TPSA) is 21.7 Å². The maximum atomic E-state index is 5.18. The molecule has 0 unspecified atom stereocenters. The van der Waals surface area contributed by atoms with Gasteiger partial charge in [-0.15, -0.1) is 6.58 Å². The van der Waals surface area contributed by atoms with E-state index in [9.17, 15) is 0 Å². The first-order valence-electron chi connectivity index (χ1n) is 3.92. The number of hydrogen-bond acceptors (Lipinski definition) is 3. The van der Waals surface area contributed by atoms with E-state index in [1.807, 2.05) is 19.8 Å². The van der Waals surface area contributed by atoms with Crippen LogP contribution in [0.2, 0.25) is 0 Å². The van der Waals surface area contributed by atoms with E-state index >= 15 is 0 Å². The molecule has 0 N–H and O–H groups in total. The largest absolute Gasteiger partial charge is 0.386 e. The van der Waals surface area contributed by atoms with Crippen LogP contribution in [0.25, 0.3) is 0 Å². The average Bonchev–Trinajstić information content (AvgIpc) is 2.03. The molecule has 0 spiro atoms. The van der Waals surface area contributed by atoms with Crippen molar-refractivity contribution in [1.29, 1.82) is 0 Å². The summed E-state index contributed by atoms with van der Waals surface area (Å²) in [5.74, 6) is 0. The summed E-state index contributed by atoms with van der Waals surface area (Å²) in [5, 5.41) is 0. The highest BCUT2D eigenvalue weighted by Gasteiger charge is 2.32. The van der Waals surface area contributed by atoms with Crippen molar-refractivity contribution in [3.63, 3.8) is 0 Å². The minimum absolute atomic E-state index is 0.733. The van der Waals surface area contributed by atoms with Crippen molar-refractivity contribution in [1.82, 2.24) is 4.57 Å². The van der Waals surface area contributed by atoms with Crippen molar-refractivity contribution in [3.8, 4) is 0 Å². The molecule has 0 fully saturated rings. The highest BCUT2D eigenvalue weighted by Crippen LogP contribution is 2.08. The smallest absolute Gasteiger partial charge is 0.204 e. The van der Waals surface area contributed by atoms with Gasteiger partial charge < -0.3 is 14.0 Å². The molecule has 0 heterocycles. The molecule has 4 heteroatoms. The molecule has 0 aromatic rings. The lowest BCUT2D eigenvalue weighted by atomic mass is 11.2. The second-order valence-electron chi connectivity index (χ2n) is 3.07. The van der Waals surface area contributed by atoms with Crippen LogP contribution >= 0.6 is 0 Å². The number of ether oxygens (including phenoxy) is 2. The molecule has 0 aromatic heterocycles. The van der Waals surface area contributed by atoms with Gasteiger partial charge in [-0.25, -0.2) is 0 Å². The van der Waals surface area contributed by atoms with Gasteiger partial charge in [-0.1, -0.05) is 5.70 Å². The SMILES string of the molecule is C=C[Si](COC)(COC)N(C)C. The van der Waals surface area contributed by atoms with Crippen molar-refractivity contribution in [2.24, 2.45) is 0 Å². The van der Waals surface area contributed by atoms with Crippen LogP contribution in [0.15, 0.2) is 12.3 Å². The zero-order valence-corrected chi connectivity index (χ0v) is 9.46. The first-order valence-corrected chi connectivity index (χ1v) is 6.35. The minimum Gasteiger partial charge on any atom is -0.386 e. The highest BCUT2D eigenvalue weighted by atomic mass is 28.3. The van der Waals surface area contributed by atoms with E-state index in [1.165, 1.54) is 0 Å². The zero-order chi connectivity index (χ0) is 9.61. The van der Waals surface area contributed by atoms with Crippen molar-refractivity contribution in [3.05, 3.63) is 12.3 Å². The van der Waals surface area contributed by atoms with Crippen LogP contribution in [0.5, 0.6) is 0 Å². The maximum absolute atomic E-state index is 5.18. The molecule has 0 aromatic carbocycles. The Balaban J connectivity index is 4.38. The predicted molar refractivity (Wildman–Crippen MR) is 53.4 cm³/mol. The van der Waals surface area contributed by atoms with Crippen LogP contribution < -0.4 is 0 Å². The van der Waals surface area contributed by atoms with Gasteiger partial charge >= 0.3 is 0 Å². The lowest BCUT2D eigenvalue weighted by Gasteiger charge is -2.33. The van der Waals surface area contributed by atoms with Crippen LogP contribution in [0.1, 0.15) is 0 Å². The Hall–Kier alpha value is -0.163. The molecule has 0 rings (SSSR count). The zero-order valence-electron chi connectivity index (χ0n) is 8.46. The highest BCUT2D eigenvalue weighted by molar-refractivity contribution is 6.81. The first-order chi connectivity index (χ1) is 5.63. The second-order valence-corrected chi connectivity index (χ2v) is 7.16. The summed E-state index contributed by atoms with van der Waals surface area (Å²) in [7, 11) is 5.83. The van der Waals surface area contributed by atoms with Crippen molar-refractivity contribution >= 4 is 8.24 Å². The number of methoxy groups -OCH3 is 2. The molecule has 0 aliphatic carbocycles. The monoisotopic (exact) mass is 189 g/mol. The maximum Gasteiger partial charge on any atom is 0.204 e. The molecule has 72 valence electrons. The van der Waals surface area contributed by atoms with Crippen LogP contribution in [0.3, 0.4) is 0 Å². The van der Waals surface area contributed by atoms with Crippen molar-refractivity contribution in [2.45, 2.75) is 0 Å². The van der Waals surface area contributed by atoms with E-state index in [0.29, 0.717) is 0 Å². The Bertz CT molecular complexity index is 133. The average molecular weight is 189 g/mol. The van der Waals surface area contributed by atoms with Gasteiger partial charge in [-0.2, -0.15) is 0 Å². The van der Waals surface area contributed by atoms with Crippen molar-refractivity contribution < 1.29 is 9.47 Å². The Labute approximate surface area is 76.1 Å². The third kappa shape index (κ3) is 2.71. The van der Waals surface area contributed by atoms with Gasteiger partial charge in [0.05, 0.1) is 12.5 Å². The summed E-state index contributed by atoms with van der Waals surface area (Å²) in [6.07, 6.45) is 1.47. The Morgan fingerprint density at radius 3 is 1.83 bits per heavy atom. The Morgan fingerprint density at radius 1 is 1.25 bits per heavy atom. The summed E-state index contributed by atoms with van der Waals surface area (Å²) in [6, 6.07) is 0. The van der Waals surface area contributed by atoms with Crippen molar-refractivity contribution in [2.75, 3.05) is 40.8 Å². The van der Waals surface area contributed by atoms with Gasteiger partial charge in [0.25, 0.3) is 0 Å². The van der Waals surface area contributed by atoms with Gasteiger partial charge in [0.2, 0.25) is 8.24 Å². The first kappa shape index (κ1) is 11.8. The molecule has 12 heavy (non-hydrogen) atoms. The summed E-state index contributed by atoms with van der Waals surface area (Å²) in [6.45, 7) is 3.85. The third-order valence-electron chi connectivity index (χ3n) is 2.06. The summed E-state index contributed by atoms with van der Waals surface area (Å²) in [5.41, 5.74) is 2.00. The lowest BCUT2D eigenvalue weighted by Crippen LogP contribution is -2.56. The molecule has 0 saturated carbocycles. The fourth-order valence-electron chi connectivity index (χ4n) is 1.10. The van der Waals surface area contributed by atoms with Gasteiger partial charge in [-0.05, 0) is 14.1 Å². The normalized spacial score (nSPS) is 12.1. The van der Waals surface area contributed by atoms with E-state index in [-0.39, 0.29) is 0 Å². The molecular formula is C8H19NO2Si. The number of nitrogens with zero attached hydrogens (tertiary/aromatic N) is 1. The van der Waals surface area contributed by atoms with E-state index in [4.69, 9.17) is 9.47 Å². The minimum atomic E-state index is -1.69. The lowest BCUT2D eigenvalue weighted by molar-refractivity contribution is 0.206. The fraction of sp³-hybridized carbons (Fsp3) is 0.750. The fourth-order valence-corrected chi connectivity index (χ4v) is 3.30. The van der Waals surface area contributed by atoms with Gasteiger partial charge in [-0.3, -0.25) is 0 Å². The van der Waals surface area contributed by atoms with Gasteiger partial charge in [0.1, 0.15) is 0 Å². The van der Waals surface area contributed by atoms with Crippen LogP contribution in [0, 0.1) is 0 Å². The van der Waals surface area contributed by atoms with Crippen LogP contribution in [-0.2, 0) is 9.47 Å². The standard InChI is InChI=1S/C8H19NO2Si/c1-6-12(7-10-4,8-11-5)9(2)3/h6H,1,7-8H2,2-5H3. The van der Waals surface area contributed by atoms with E-state index in [0.717, 1.165) is 12.5 Å². The summed E-state index contributed by atoms with van der Waals surface area (Å²) in [4.78, 5) is 0. The van der Waals surface area contributed by atoms with E-state index in [2.05, 4.69) is 11.1 Å². The molecule has 0 bridgehead atoms. The molecule has 0 saturated heterocycles. The van der Waals surface area contributed by atoms with Gasteiger partial charge in [0, 0.05) is 14.2 Å². The molecule has 0 radical (unpaired) electrons. The molecule has 3 nitrogen and oxygen atoms in total. The van der Waals surface area contributed by atoms with E-state index in [1.54, 1.807) is 14.2 Å².